The summed E-state index contributed by atoms with van der Waals surface area (Å²) in [6.45, 7) is 4.90. The Hall–Kier alpha value is -0.710. The Bertz CT molecular complexity index is 396. The quantitative estimate of drug-likeness (QED) is 0.782. The van der Waals surface area contributed by atoms with Crippen LogP contribution < -0.4 is 11.1 Å². The molecule has 94 valence electrons. The highest BCUT2D eigenvalue weighted by molar-refractivity contribution is 8.00. The Labute approximate surface area is 111 Å². The van der Waals surface area contributed by atoms with E-state index in [9.17, 15) is 4.79 Å². The minimum atomic E-state index is -0.335. The predicted molar refractivity (Wildman–Crippen MR) is 73.3 cm³/mol. The molecule has 0 bridgehead atoms. The van der Waals surface area contributed by atoms with Gasteiger partial charge in [0.25, 0.3) is 0 Å². The number of carbonyl (C=O) groups is 1. The molecule has 5 heteroatoms. The molecule has 0 saturated heterocycles. The number of benzene rings is 1. The zero-order valence-corrected chi connectivity index (χ0v) is 11.6. The van der Waals surface area contributed by atoms with Crippen molar-refractivity contribution in [3.8, 4) is 0 Å². The van der Waals surface area contributed by atoms with E-state index in [-0.39, 0.29) is 11.7 Å². The van der Waals surface area contributed by atoms with E-state index in [2.05, 4.69) is 19.2 Å². The van der Waals surface area contributed by atoms with Crippen LogP contribution in [0.25, 0.3) is 0 Å². The number of hydrogen-bond acceptors (Lipinski definition) is 3. The number of nitrogens with two attached hydrogens (primary N) is 1. The van der Waals surface area contributed by atoms with Crippen LogP contribution in [0.1, 0.15) is 19.4 Å². The van der Waals surface area contributed by atoms with Gasteiger partial charge in [0.2, 0.25) is 5.91 Å². The second kappa shape index (κ2) is 6.89. The van der Waals surface area contributed by atoms with Crippen molar-refractivity contribution in [3.63, 3.8) is 0 Å². The van der Waals surface area contributed by atoms with Crippen LogP contribution in [0.2, 0.25) is 5.02 Å². The van der Waals surface area contributed by atoms with Crippen LogP contribution >= 0.6 is 23.4 Å². The van der Waals surface area contributed by atoms with Gasteiger partial charge in [-0.3, -0.25) is 4.79 Å². The minimum Gasteiger partial charge on any atom is -0.369 e. The van der Waals surface area contributed by atoms with Gasteiger partial charge in [-0.15, -0.1) is 11.8 Å². The van der Waals surface area contributed by atoms with Crippen LogP contribution in [0, 0.1) is 0 Å². The third-order valence-corrected chi connectivity index (χ3v) is 3.73. The molecule has 3 N–H and O–H groups in total. The number of thioether (sulfide) groups is 1. The summed E-state index contributed by atoms with van der Waals surface area (Å²) in [5.74, 6) is -0.0870. The molecule has 1 aromatic carbocycles. The van der Waals surface area contributed by atoms with Crippen LogP contribution in [-0.4, -0.2) is 17.7 Å². The van der Waals surface area contributed by atoms with Crippen LogP contribution in [-0.2, 0) is 11.3 Å². The van der Waals surface area contributed by atoms with Gasteiger partial charge in [0.05, 0.1) is 10.8 Å². The lowest BCUT2D eigenvalue weighted by Crippen LogP contribution is -2.22. The van der Waals surface area contributed by atoms with Gasteiger partial charge in [-0.2, -0.15) is 0 Å². The molecule has 0 aromatic heterocycles. The predicted octanol–water partition coefficient (Wildman–Crippen LogP) is 2.42. The fourth-order valence-corrected chi connectivity index (χ4v) is 2.49. The van der Waals surface area contributed by atoms with Crippen molar-refractivity contribution < 1.29 is 4.79 Å². The van der Waals surface area contributed by atoms with Crippen molar-refractivity contribution in [2.45, 2.75) is 31.3 Å². The highest BCUT2D eigenvalue weighted by Gasteiger charge is 2.09. The maximum absolute atomic E-state index is 10.8. The zero-order chi connectivity index (χ0) is 12.8. The minimum absolute atomic E-state index is 0.248. The maximum atomic E-state index is 10.8. The van der Waals surface area contributed by atoms with Gasteiger partial charge >= 0.3 is 0 Å². The molecule has 17 heavy (non-hydrogen) atoms. The molecule has 0 heterocycles. The van der Waals surface area contributed by atoms with Crippen molar-refractivity contribution in [1.82, 2.24) is 5.32 Å². The van der Waals surface area contributed by atoms with E-state index in [1.54, 1.807) is 0 Å². The number of rotatable bonds is 6. The fourth-order valence-electron chi connectivity index (χ4n) is 1.31. The highest BCUT2D eigenvalue weighted by Crippen LogP contribution is 2.30. The lowest BCUT2D eigenvalue weighted by molar-refractivity contribution is -0.115. The second-order valence-electron chi connectivity index (χ2n) is 4.02. The highest BCUT2D eigenvalue weighted by atomic mass is 35.5. The Kier molecular flexibility index (Phi) is 5.82. The standard InChI is InChI=1S/C12H17ClN2OS/c1-8(2)15-6-9-4-3-5-10(13)12(9)17-7-11(14)16/h3-5,8,15H,6-7H2,1-2H3,(H2,14,16). The van der Waals surface area contributed by atoms with E-state index >= 15 is 0 Å². The SMILES string of the molecule is CC(C)NCc1cccc(Cl)c1SCC(N)=O. The summed E-state index contributed by atoms with van der Waals surface area (Å²) in [7, 11) is 0. The maximum Gasteiger partial charge on any atom is 0.227 e. The monoisotopic (exact) mass is 272 g/mol. The van der Waals surface area contributed by atoms with Gasteiger partial charge in [0, 0.05) is 17.5 Å². The van der Waals surface area contributed by atoms with Crippen LogP contribution in [0.3, 0.4) is 0 Å². The Morgan fingerprint density at radius 3 is 2.82 bits per heavy atom. The average molecular weight is 273 g/mol. The van der Waals surface area contributed by atoms with Crippen molar-refractivity contribution in [3.05, 3.63) is 28.8 Å². The first-order valence-electron chi connectivity index (χ1n) is 5.42. The first-order chi connectivity index (χ1) is 8.00. The molecule has 0 saturated carbocycles. The fraction of sp³-hybridized carbons (Fsp3) is 0.417. The molecule has 0 radical (unpaired) electrons. The van der Waals surface area contributed by atoms with Crippen molar-refractivity contribution in [2.75, 3.05) is 5.75 Å². The largest absolute Gasteiger partial charge is 0.369 e. The zero-order valence-electron chi connectivity index (χ0n) is 10.00. The van der Waals surface area contributed by atoms with Gasteiger partial charge in [-0.1, -0.05) is 37.6 Å². The van der Waals surface area contributed by atoms with E-state index in [1.165, 1.54) is 11.8 Å². The second-order valence-corrected chi connectivity index (χ2v) is 5.41. The number of halogens is 1. The molecule has 0 atom stereocenters. The summed E-state index contributed by atoms with van der Waals surface area (Å²) in [4.78, 5) is 11.7. The number of primary amides is 1. The summed E-state index contributed by atoms with van der Waals surface area (Å²) in [5, 5.41) is 3.99. The summed E-state index contributed by atoms with van der Waals surface area (Å²) in [6, 6.07) is 6.14. The molecule has 0 spiro atoms. The van der Waals surface area contributed by atoms with E-state index < -0.39 is 0 Å². The van der Waals surface area contributed by atoms with E-state index in [1.807, 2.05) is 18.2 Å². The van der Waals surface area contributed by atoms with E-state index in [0.29, 0.717) is 11.1 Å². The lowest BCUT2D eigenvalue weighted by Gasteiger charge is -2.13. The molecule has 1 aromatic rings. The number of hydrogen-bond donors (Lipinski definition) is 2. The molecule has 1 amide bonds. The lowest BCUT2D eigenvalue weighted by atomic mass is 10.2. The summed E-state index contributed by atoms with van der Waals surface area (Å²) in [5.41, 5.74) is 6.24. The number of amides is 1. The van der Waals surface area contributed by atoms with Crippen molar-refractivity contribution >= 4 is 29.3 Å². The smallest absolute Gasteiger partial charge is 0.227 e. The number of nitrogens with one attached hydrogen (secondary N) is 1. The van der Waals surface area contributed by atoms with E-state index in [4.69, 9.17) is 17.3 Å². The van der Waals surface area contributed by atoms with Crippen LogP contribution in [0.4, 0.5) is 0 Å². The van der Waals surface area contributed by atoms with E-state index in [0.717, 1.165) is 17.0 Å². The van der Waals surface area contributed by atoms with Gasteiger partial charge in [0.15, 0.2) is 0 Å². The average Bonchev–Trinajstić information content (AvgIpc) is 2.24. The molecular formula is C12H17ClN2OS. The Morgan fingerprint density at radius 1 is 1.53 bits per heavy atom. The molecule has 0 fully saturated rings. The van der Waals surface area contributed by atoms with Gasteiger partial charge in [-0.25, -0.2) is 0 Å². The molecule has 0 aliphatic carbocycles. The third-order valence-electron chi connectivity index (χ3n) is 2.11. The van der Waals surface area contributed by atoms with Crippen LogP contribution in [0.15, 0.2) is 23.1 Å². The van der Waals surface area contributed by atoms with Gasteiger partial charge < -0.3 is 11.1 Å². The van der Waals surface area contributed by atoms with Gasteiger partial charge in [0.1, 0.15) is 0 Å². The molecule has 0 unspecified atom stereocenters. The Morgan fingerprint density at radius 2 is 2.24 bits per heavy atom. The first-order valence-corrected chi connectivity index (χ1v) is 6.79. The molecule has 1 rings (SSSR count). The normalized spacial score (nSPS) is 10.8. The molecule has 3 nitrogen and oxygen atoms in total. The van der Waals surface area contributed by atoms with Gasteiger partial charge in [-0.05, 0) is 11.6 Å². The third kappa shape index (κ3) is 4.98. The number of carbonyl (C=O) groups excluding carboxylic acids is 1. The summed E-state index contributed by atoms with van der Waals surface area (Å²) in [6.07, 6.45) is 0. The van der Waals surface area contributed by atoms with Crippen molar-refractivity contribution in [1.29, 1.82) is 0 Å². The Balaban J connectivity index is 2.80. The molecular weight excluding hydrogens is 256 g/mol. The molecule has 0 aliphatic rings. The molecule has 0 aliphatic heterocycles. The van der Waals surface area contributed by atoms with Crippen molar-refractivity contribution in [2.24, 2.45) is 5.73 Å². The topological polar surface area (TPSA) is 55.1 Å². The van der Waals surface area contributed by atoms with Crippen LogP contribution in [0.5, 0.6) is 0 Å². The first kappa shape index (κ1) is 14.4. The summed E-state index contributed by atoms with van der Waals surface area (Å²) < 4.78 is 0. The summed E-state index contributed by atoms with van der Waals surface area (Å²) >= 11 is 7.51.